The summed E-state index contributed by atoms with van der Waals surface area (Å²) in [5.41, 5.74) is 1.31. The molecule has 0 spiro atoms. The highest BCUT2D eigenvalue weighted by Gasteiger charge is 2.23. The van der Waals surface area contributed by atoms with Gasteiger partial charge in [-0.3, -0.25) is 9.36 Å². The van der Waals surface area contributed by atoms with Gasteiger partial charge in [0.05, 0.1) is 11.0 Å². The van der Waals surface area contributed by atoms with E-state index in [0.717, 1.165) is 30.4 Å². The molecule has 1 aromatic heterocycles. The number of amides is 1. The summed E-state index contributed by atoms with van der Waals surface area (Å²) in [6, 6.07) is 7.78. The largest absolute Gasteiger partial charge is 0.340 e. The van der Waals surface area contributed by atoms with Crippen LogP contribution in [0, 0.1) is 0 Å². The molecule has 1 atom stereocenters. The minimum absolute atomic E-state index is 0. The van der Waals surface area contributed by atoms with Crippen LogP contribution < -0.4 is 11.0 Å². The van der Waals surface area contributed by atoms with Crippen molar-refractivity contribution in [2.45, 2.75) is 25.4 Å². The van der Waals surface area contributed by atoms with E-state index >= 15 is 0 Å². The Labute approximate surface area is 134 Å². The van der Waals surface area contributed by atoms with Crippen molar-refractivity contribution >= 4 is 29.3 Å². The van der Waals surface area contributed by atoms with Crippen LogP contribution in [0.5, 0.6) is 0 Å². The quantitative estimate of drug-likeness (QED) is 0.883. The number of fused-ring (bicyclic) bond motifs is 1. The number of aromatic nitrogens is 2. The molecule has 1 aliphatic heterocycles. The molecular weight excluding hydrogens is 304 g/mol. The highest BCUT2D eigenvalue weighted by molar-refractivity contribution is 5.85. The van der Waals surface area contributed by atoms with Crippen LogP contribution in [0.15, 0.2) is 29.1 Å². The lowest BCUT2D eigenvalue weighted by molar-refractivity contribution is -0.133. The average molecular weight is 325 g/mol. The molecule has 2 N–H and O–H groups in total. The fourth-order valence-electron chi connectivity index (χ4n) is 2.94. The zero-order valence-corrected chi connectivity index (χ0v) is 13.4. The van der Waals surface area contributed by atoms with Crippen LogP contribution >= 0.6 is 12.4 Å². The number of nitrogens with one attached hydrogen (secondary N) is 2. The van der Waals surface area contributed by atoms with Gasteiger partial charge in [0.2, 0.25) is 5.91 Å². The van der Waals surface area contributed by atoms with Gasteiger partial charge in [-0.15, -0.1) is 12.4 Å². The molecule has 0 aliphatic carbocycles. The van der Waals surface area contributed by atoms with E-state index in [9.17, 15) is 9.59 Å². The van der Waals surface area contributed by atoms with Gasteiger partial charge >= 0.3 is 5.69 Å². The summed E-state index contributed by atoms with van der Waals surface area (Å²) in [6.45, 7) is 1.58. The minimum atomic E-state index is -0.230. The van der Waals surface area contributed by atoms with E-state index in [0.29, 0.717) is 12.6 Å². The predicted octanol–water partition coefficient (Wildman–Crippen LogP) is 0.962. The molecule has 1 aliphatic rings. The highest BCUT2D eigenvalue weighted by Crippen LogP contribution is 2.12. The van der Waals surface area contributed by atoms with Crippen LogP contribution in [-0.4, -0.2) is 46.5 Å². The number of benzene rings is 1. The Morgan fingerprint density at radius 2 is 2.18 bits per heavy atom. The number of piperidine rings is 1. The lowest BCUT2D eigenvalue weighted by atomic mass is 10.1. The van der Waals surface area contributed by atoms with Crippen LogP contribution in [-0.2, 0) is 11.3 Å². The number of aromatic amines is 1. The third-order valence-corrected chi connectivity index (χ3v) is 4.16. The molecule has 0 radical (unpaired) electrons. The summed E-state index contributed by atoms with van der Waals surface area (Å²) in [5.74, 6) is 0.00167. The Balaban J connectivity index is 0.00000176. The van der Waals surface area contributed by atoms with Crippen LogP contribution in [0.3, 0.4) is 0 Å². The molecule has 1 unspecified atom stereocenters. The summed E-state index contributed by atoms with van der Waals surface area (Å²) in [6.07, 6.45) is 2.09. The first-order valence-electron chi connectivity index (χ1n) is 7.31. The number of likely N-dealkylation sites (tertiary alicyclic amines) is 1. The number of imidazole rings is 1. The SMILES string of the molecule is CNC1CCCN(C(=O)Cn2c(=O)[nH]c3ccccc32)C1.Cl. The van der Waals surface area contributed by atoms with Crippen LogP contribution in [0.2, 0.25) is 0 Å². The maximum absolute atomic E-state index is 12.4. The van der Waals surface area contributed by atoms with Gasteiger partial charge in [0, 0.05) is 19.1 Å². The fourth-order valence-corrected chi connectivity index (χ4v) is 2.94. The molecule has 1 amide bonds. The zero-order valence-electron chi connectivity index (χ0n) is 12.5. The second kappa shape index (κ2) is 6.98. The molecular formula is C15H21ClN4O2. The number of halogens is 1. The summed E-state index contributed by atoms with van der Waals surface area (Å²) in [4.78, 5) is 29.1. The van der Waals surface area contributed by atoms with E-state index in [4.69, 9.17) is 0 Å². The molecule has 1 aromatic carbocycles. The maximum atomic E-state index is 12.4. The Bertz CT molecular complexity index is 709. The van der Waals surface area contributed by atoms with E-state index in [1.165, 1.54) is 4.57 Å². The van der Waals surface area contributed by atoms with Gasteiger partial charge in [0.15, 0.2) is 0 Å². The predicted molar refractivity (Wildman–Crippen MR) is 88.5 cm³/mol. The highest BCUT2D eigenvalue weighted by atomic mass is 35.5. The molecule has 3 rings (SSSR count). The third kappa shape index (κ3) is 3.18. The molecule has 120 valence electrons. The summed E-state index contributed by atoms with van der Waals surface area (Å²) >= 11 is 0. The number of para-hydroxylation sites is 2. The van der Waals surface area contributed by atoms with Crippen molar-refractivity contribution in [1.29, 1.82) is 0 Å². The second-order valence-electron chi connectivity index (χ2n) is 5.50. The smallest absolute Gasteiger partial charge is 0.326 e. The molecule has 1 fully saturated rings. The number of hydrogen-bond donors (Lipinski definition) is 2. The number of likely N-dealkylation sites (N-methyl/N-ethyl adjacent to an activating group) is 1. The fraction of sp³-hybridized carbons (Fsp3) is 0.467. The minimum Gasteiger partial charge on any atom is -0.340 e. The Hall–Kier alpha value is -1.79. The van der Waals surface area contributed by atoms with Crippen molar-refractivity contribution in [3.63, 3.8) is 0 Å². The van der Waals surface area contributed by atoms with Gasteiger partial charge < -0.3 is 15.2 Å². The maximum Gasteiger partial charge on any atom is 0.326 e. The van der Waals surface area contributed by atoms with Crippen molar-refractivity contribution in [2.24, 2.45) is 0 Å². The van der Waals surface area contributed by atoms with Gasteiger partial charge in [-0.05, 0) is 32.0 Å². The van der Waals surface area contributed by atoms with Gasteiger partial charge in [0.25, 0.3) is 0 Å². The molecule has 0 bridgehead atoms. The monoisotopic (exact) mass is 324 g/mol. The molecule has 1 saturated heterocycles. The summed E-state index contributed by atoms with van der Waals surface area (Å²) in [5, 5.41) is 3.22. The number of hydrogen-bond acceptors (Lipinski definition) is 3. The first-order valence-corrected chi connectivity index (χ1v) is 7.31. The van der Waals surface area contributed by atoms with Gasteiger partial charge in [-0.2, -0.15) is 0 Å². The molecule has 7 heteroatoms. The first kappa shape index (κ1) is 16.6. The second-order valence-corrected chi connectivity index (χ2v) is 5.50. The van der Waals surface area contributed by atoms with Gasteiger partial charge in [0.1, 0.15) is 6.54 Å². The van der Waals surface area contributed by atoms with Crippen molar-refractivity contribution in [2.75, 3.05) is 20.1 Å². The Morgan fingerprint density at radius 1 is 1.41 bits per heavy atom. The lowest BCUT2D eigenvalue weighted by Gasteiger charge is -2.32. The van der Waals surface area contributed by atoms with Crippen molar-refractivity contribution in [3.8, 4) is 0 Å². The lowest BCUT2D eigenvalue weighted by Crippen LogP contribution is -2.48. The molecule has 6 nitrogen and oxygen atoms in total. The normalized spacial score (nSPS) is 18.2. The Kier molecular flexibility index (Phi) is 5.26. The van der Waals surface area contributed by atoms with Crippen LogP contribution in [0.25, 0.3) is 11.0 Å². The number of carbonyl (C=O) groups excluding carboxylic acids is 1. The van der Waals surface area contributed by atoms with Crippen molar-refractivity contribution in [3.05, 3.63) is 34.7 Å². The first-order chi connectivity index (χ1) is 10.2. The molecule has 2 aromatic rings. The summed E-state index contributed by atoms with van der Waals surface area (Å²) in [7, 11) is 1.92. The van der Waals surface area contributed by atoms with E-state index in [1.54, 1.807) is 0 Å². The van der Waals surface area contributed by atoms with E-state index in [-0.39, 0.29) is 30.5 Å². The molecule has 22 heavy (non-hydrogen) atoms. The zero-order chi connectivity index (χ0) is 14.8. The van der Waals surface area contributed by atoms with E-state index in [2.05, 4.69) is 10.3 Å². The van der Waals surface area contributed by atoms with Crippen LogP contribution in [0.1, 0.15) is 12.8 Å². The number of carbonyl (C=O) groups is 1. The van der Waals surface area contributed by atoms with E-state index in [1.807, 2.05) is 36.2 Å². The van der Waals surface area contributed by atoms with Crippen LogP contribution in [0.4, 0.5) is 0 Å². The molecule has 0 saturated carbocycles. The van der Waals surface area contributed by atoms with Gasteiger partial charge in [-0.25, -0.2) is 4.79 Å². The third-order valence-electron chi connectivity index (χ3n) is 4.16. The summed E-state index contributed by atoms with van der Waals surface area (Å²) < 4.78 is 1.51. The topological polar surface area (TPSA) is 70.1 Å². The number of nitrogens with zero attached hydrogens (tertiary/aromatic N) is 2. The van der Waals surface area contributed by atoms with E-state index < -0.39 is 0 Å². The molecule has 2 heterocycles. The van der Waals surface area contributed by atoms with Gasteiger partial charge in [-0.1, -0.05) is 12.1 Å². The standard InChI is InChI=1S/C15H20N4O2.ClH/c1-16-11-5-4-8-18(9-11)14(20)10-19-13-7-3-2-6-12(13)17-15(19)21;/h2-3,6-7,11,16H,4-5,8-10H2,1H3,(H,17,21);1H. The Morgan fingerprint density at radius 3 is 2.95 bits per heavy atom. The van der Waals surface area contributed by atoms with Crippen molar-refractivity contribution in [1.82, 2.24) is 19.8 Å². The number of rotatable bonds is 3. The van der Waals surface area contributed by atoms with Crippen molar-refractivity contribution < 1.29 is 4.79 Å². The average Bonchev–Trinajstić information content (AvgIpc) is 2.83. The number of H-pyrrole nitrogens is 1.